The molecule has 0 aliphatic carbocycles. The minimum Gasteiger partial charge on any atom is -0.488 e. The highest BCUT2D eigenvalue weighted by Gasteiger charge is 2.26. The van der Waals surface area contributed by atoms with E-state index in [0.717, 1.165) is 17.7 Å². The molecular formula is C17H17NO4. The zero-order valence-corrected chi connectivity index (χ0v) is 12.5. The number of likely N-dealkylation sites (N-methyl/N-ethyl adjacent to an activating group) is 1. The fourth-order valence-electron chi connectivity index (χ4n) is 2.64. The van der Waals surface area contributed by atoms with Crippen LogP contribution < -0.4 is 10.2 Å². The van der Waals surface area contributed by atoms with Crippen LogP contribution in [0.1, 0.15) is 21.9 Å². The first-order valence-electron chi connectivity index (χ1n) is 7.15. The number of hydrogen-bond donors (Lipinski definition) is 0. The number of benzene rings is 1. The Morgan fingerprint density at radius 3 is 2.82 bits per heavy atom. The molecule has 5 nitrogen and oxygen atoms in total. The third kappa shape index (κ3) is 2.88. The van der Waals surface area contributed by atoms with Gasteiger partial charge in [-0.2, -0.15) is 0 Å². The van der Waals surface area contributed by atoms with Crippen molar-refractivity contribution in [3.05, 3.63) is 63.7 Å². The summed E-state index contributed by atoms with van der Waals surface area (Å²) in [4.78, 5) is 25.3. The van der Waals surface area contributed by atoms with E-state index in [-0.39, 0.29) is 23.2 Å². The molecule has 0 radical (unpaired) electrons. The lowest BCUT2D eigenvalue weighted by Crippen LogP contribution is -2.36. The summed E-state index contributed by atoms with van der Waals surface area (Å²) in [6, 6.07) is 10.4. The maximum absolute atomic E-state index is 12.3. The topological polar surface area (TPSA) is 59.8 Å². The number of fused-ring (bicyclic) bond motifs is 1. The third-order valence-corrected chi connectivity index (χ3v) is 3.64. The Balaban J connectivity index is 1.69. The number of para-hydroxylation sites is 1. The predicted molar refractivity (Wildman–Crippen MR) is 81.2 cm³/mol. The normalized spacial score (nSPS) is 16.0. The summed E-state index contributed by atoms with van der Waals surface area (Å²) in [6.45, 7) is 2.08. The molecule has 0 N–H and O–H groups in total. The second-order valence-corrected chi connectivity index (χ2v) is 5.51. The quantitative estimate of drug-likeness (QED) is 0.870. The van der Waals surface area contributed by atoms with Gasteiger partial charge < -0.3 is 14.1 Å². The summed E-state index contributed by atoms with van der Waals surface area (Å²) in [5.41, 5.74) is 0.917. The first-order chi connectivity index (χ1) is 10.5. The van der Waals surface area contributed by atoms with Crippen LogP contribution in [0.4, 0.5) is 0 Å². The van der Waals surface area contributed by atoms with Gasteiger partial charge in [-0.15, -0.1) is 0 Å². The van der Waals surface area contributed by atoms with Gasteiger partial charge in [-0.05, 0) is 18.6 Å². The average Bonchev–Trinajstić information content (AvgIpc) is 2.87. The van der Waals surface area contributed by atoms with E-state index >= 15 is 0 Å². The van der Waals surface area contributed by atoms with Crippen LogP contribution in [-0.2, 0) is 6.42 Å². The van der Waals surface area contributed by atoms with Crippen LogP contribution in [0.2, 0.25) is 0 Å². The van der Waals surface area contributed by atoms with Crippen molar-refractivity contribution in [3.8, 4) is 5.75 Å². The second-order valence-electron chi connectivity index (χ2n) is 5.51. The van der Waals surface area contributed by atoms with E-state index in [9.17, 15) is 9.59 Å². The molecule has 1 aromatic heterocycles. The smallest absolute Gasteiger partial charge is 0.289 e. The van der Waals surface area contributed by atoms with Crippen LogP contribution >= 0.6 is 0 Å². The monoisotopic (exact) mass is 299 g/mol. The number of carbonyl (C=O) groups excluding carboxylic acids is 1. The molecule has 1 atom stereocenters. The molecule has 114 valence electrons. The summed E-state index contributed by atoms with van der Waals surface area (Å²) in [7, 11) is 1.68. The zero-order valence-electron chi connectivity index (χ0n) is 12.5. The van der Waals surface area contributed by atoms with Gasteiger partial charge in [-0.3, -0.25) is 9.59 Å². The lowest BCUT2D eigenvalue weighted by molar-refractivity contribution is 0.0695. The Hall–Kier alpha value is -2.56. The molecular weight excluding hydrogens is 282 g/mol. The Morgan fingerprint density at radius 1 is 1.32 bits per heavy atom. The largest absolute Gasteiger partial charge is 0.488 e. The third-order valence-electron chi connectivity index (χ3n) is 3.64. The molecule has 1 amide bonds. The maximum atomic E-state index is 12.3. The van der Waals surface area contributed by atoms with Crippen LogP contribution in [0, 0.1) is 6.92 Å². The molecule has 3 rings (SSSR count). The SMILES string of the molecule is Cc1cc(=O)cc(C(=O)N(C)C[C@H]2Cc3ccccc3O2)o1. The van der Waals surface area contributed by atoms with Gasteiger partial charge in [0, 0.05) is 25.6 Å². The molecule has 0 saturated carbocycles. The molecule has 0 fully saturated rings. The van der Waals surface area contributed by atoms with Gasteiger partial charge in [-0.1, -0.05) is 18.2 Å². The number of rotatable bonds is 3. The van der Waals surface area contributed by atoms with Crippen LogP contribution in [-0.4, -0.2) is 30.5 Å². The summed E-state index contributed by atoms with van der Waals surface area (Å²) in [6.07, 6.45) is 0.689. The first-order valence-corrected chi connectivity index (χ1v) is 7.15. The van der Waals surface area contributed by atoms with E-state index in [1.165, 1.54) is 17.0 Å². The minimum absolute atomic E-state index is 0.0583. The summed E-state index contributed by atoms with van der Waals surface area (Å²) < 4.78 is 11.2. The summed E-state index contributed by atoms with van der Waals surface area (Å²) in [5, 5.41) is 0. The predicted octanol–water partition coefficient (Wildman–Crippen LogP) is 2.02. The molecule has 5 heteroatoms. The van der Waals surface area contributed by atoms with E-state index in [4.69, 9.17) is 9.15 Å². The summed E-state index contributed by atoms with van der Waals surface area (Å²) in [5.74, 6) is 1.03. The van der Waals surface area contributed by atoms with Crippen LogP contribution in [0.15, 0.2) is 45.6 Å². The van der Waals surface area contributed by atoms with Gasteiger partial charge in [0.15, 0.2) is 11.2 Å². The molecule has 0 bridgehead atoms. The van der Waals surface area contributed by atoms with Gasteiger partial charge in [0.1, 0.15) is 17.6 Å². The van der Waals surface area contributed by atoms with Crippen molar-refractivity contribution < 1.29 is 13.9 Å². The van der Waals surface area contributed by atoms with E-state index in [1.54, 1.807) is 14.0 Å². The van der Waals surface area contributed by atoms with Crippen molar-refractivity contribution in [1.29, 1.82) is 0 Å². The molecule has 1 aromatic carbocycles. The van der Waals surface area contributed by atoms with Crippen molar-refractivity contribution in [2.75, 3.05) is 13.6 Å². The highest BCUT2D eigenvalue weighted by molar-refractivity contribution is 5.91. The number of nitrogens with zero attached hydrogens (tertiary/aromatic N) is 1. The number of ether oxygens (including phenoxy) is 1. The Labute approximate surface area is 128 Å². The van der Waals surface area contributed by atoms with Gasteiger partial charge in [0.05, 0.1) is 6.54 Å². The van der Waals surface area contributed by atoms with Crippen molar-refractivity contribution in [3.63, 3.8) is 0 Å². The first kappa shape index (κ1) is 14.4. The number of carbonyl (C=O) groups is 1. The van der Waals surface area contributed by atoms with Crippen molar-refractivity contribution in [2.45, 2.75) is 19.4 Å². The number of aryl methyl sites for hydroxylation is 1. The highest BCUT2D eigenvalue weighted by atomic mass is 16.5. The molecule has 1 aliphatic heterocycles. The maximum Gasteiger partial charge on any atom is 0.289 e. The van der Waals surface area contributed by atoms with Crippen molar-refractivity contribution in [2.24, 2.45) is 0 Å². The van der Waals surface area contributed by atoms with Crippen LogP contribution in [0.25, 0.3) is 0 Å². The fraction of sp³-hybridized carbons (Fsp3) is 0.294. The fourth-order valence-corrected chi connectivity index (χ4v) is 2.64. The molecule has 0 spiro atoms. The molecule has 0 saturated heterocycles. The lowest BCUT2D eigenvalue weighted by atomic mass is 10.1. The average molecular weight is 299 g/mol. The van der Waals surface area contributed by atoms with Gasteiger partial charge in [0.2, 0.25) is 0 Å². The number of hydrogen-bond acceptors (Lipinski definition) is 4. The number of amides is 1. The van der Waals surface area contributed by atoms with E-state index in [0.29, 0.717) is 12.3 Å². The van der Waals surface area contributed by atoms with E-state index in [1.807, 2.05) is 24.3 Å². The van der Waals surface area contributed by atoms with E-state index < -0.39 is 0 Å². The van der Waals surface area contributed by atoms with Gasteiger partial charge in [0.25, 0.3) is 5.91 Å². The van der Waals surface area contributed by atoms with Crippen LogP contribution in [0.3, 0.4) is 0 Å². The molecule has 1 aliphatic rings. The Kier molecular flexibility index (Phi) is 3.71. The molecule has 2 heterocycles. The Bertz CT molecular complexity index is 740. The summed E-state index contributed by atoms with van der Waals surface area (Å²) >= 11 is 0. The molecule has 0 unspecified atom stereocenters. The second kappa shape index (κ2) is 5.67. The van der Waals surface area contributed by atoms with Crippen molar-refractivity contribution >= 4 is 5.91 Å². The zero-order chi connectivity index (χ0) is 15.7. The van der Waals surface area contributed by atoms with Gasteiger partial charge >= 0.3 is 0 Å². The van der Waals surface area contributed by atoms with E-state index in [2.05, 4.69) is 0 Å². The lowest BCUT2D eigenvalue weighted by Gasteiger charge is -2.20. The minimum atomic E-state index is -0.319. The Morgan fingerprint density at radius 2 is 2.09 bits per heavy atom. The van der Waals surface area contributed by atoms with Crippen LogP contribution in [0.5, 0.6) is 5.75 Å². The standard InChI is InChI=1S/C17H17NO4/c1-11-7-13(19)9-16(21-11)17(20)18(2)10-14-8-12-5-3-4-6-15(12)22-14/h3-7,9,14H,8,10H2,1-2H3/t14-/m1/s1. The highest BCUT2D eigenvalue weighted by Crippen LogP contribution is 2.28. The van der Waals surface area contributed by atoms with Gasteiger partial charge in [-0.25, -0.2) is 0 Å². The van der Waals surface area contributed by atoms with Crippen molar-refractivity contribution in [1.82, 2.24) is 4.90 Å². The molecule has 2 aromatic rings. The molecule has 22 heavy (non-hydrogen) atoms.